The lowest BCUT2D eigenvalue weighted by Crippen LogP contribution is -2.25. The number of hydrogen-bond acceptors (Lipinski definition) is 3. The number of nitriles is 1. The van der Waals surface area contributed by atoms with Gasteiger partial charge in [-0.1, -0.05) is 29.8 Å². The third-order valence-electron chi connectivity index (χ3n) is 4.11. The smallest absolute Gasteiger partial charge is 0.217 e. The second-order valence-corrected chi connectivity index (χ2v) is 8.18. The maximum Gasteiger partial charge on any atom is 0.217 e. The van der Waals surface area contributed by atoms with Crippen LogP contribution in [0.3, 0.4) is 0 Å². The standard InChI is InChI=1S/C20H19ClN4OS/c1-15-9-18(11-19(21)10-15)14-27(26)24(2)20-23-7-8-25(20)13-17-5-3-16(12-22)4-6-17/h3-11H,13-14H2,1-2H3. The van der Waals surface area contributed by atoms with Gasteiger partial charge in [0.25, 0.3) is 0 Å². The molecule has 0 radical (unpaired) electrons. The van der Waals surface area contributed by atoms with Crippen LogP contribution in [0.4, 0.5) is 5.95 Å². The van der Waals surface area contributed by atoms with Crippen molar-refractivity contribution in [2.24, 2.45) is 0 Å². The molecule has 3 aromatic rings. The van der Waals surface area contributed by atoms with Crippen LogP contribution in [0.1, 0.15) is 22.3 Å². The number of halogens is 1. The number of aromatic nitrogens is 2. The zero-order valence-electron chi connectivity index (χ0n) is 15.1. The molecule has 1 atom stereocenters. The molecule has 0 aliphatic carbocycles. The van der Waals surface area contributed by atoms with E-state index in [0.29, 0.717) is 28.8 Å². The van der Waals surface area contributed by atoms with Crippen LogP contribution >= 0.6 is 11.6 Å². The number of imidazole rings is 1. The van der Waals surface area contributed by atoms with E-state index in [1.54, 1.807) is 29.7 Å². The molecule has 1 unspecified atom stereocenters. The number of rotatable bonds is 6. The van der Waals surface area contributed by atoms with Gasteiger partial charge in [-0.2, -0.15) is 5.26 Å². The highest BCUT2D eigenvalue weighted by Gasteiger charge is 2.16. The third-order valence-corrected chi connectivity index (χ3v) is 5.68. The highest BCUT2D eigenvalue weighted by molar-refractivity contribution is 7.85. The Morgan fingerprint density at radius 2 is 1.96 bits per heavy atom. The van der Waals surface area contributed by atoms with Gasteiger partial charge in [0.15, 0.2) is 0 Å². The van der Waals surface area contributed by atoms with Gasteiger partial charge in [0, 0.05) is 24.5 Å². The van der Waals surface area contributed by atoms with E-state index in [9.17, 15) is 4.21 Å². The van der Waals surface area contributed by atoms with Crippen LogP contribution in [0.5, 0.6) is 0 Å². The largest absolute Gasteiger partial charge is 0.312 e. The van der Waals surface area contributed by atoms with Crippen LogP contribution in [0, 0.1) is 18.3 Å². The van der Waals surface area contributed by atoms with Crippen LogP contribution in [-0.2, 0) is 23.3 Å². The highest BCUT2D eigenvalue weighted by atomic mass is 35.5. The molecule has 0 N–H and O–H groups in total. The fraction of sp³-hybridized carbons (Fsp3) is 0.200. The predicted molar refractivity (Wildman–Crippen MR) is 109 cm³/mol. The lowest BCUT2D eigenvalue weighted by Gasteiger charge is -2.19. The van der Waals surface area contributed by atoms with E-state index < -0.39 is 11.0 Å². The molecule has 27 heavy (non-hydrogen) atoms. The lowest BCUT2D eigenvalue weighted by molar-refractivity contribution is 0.678. The summed E-state index contributed by atoms with van der Waals surface area (Å²) in [5.41, 5.74) is 3.63. The van der Waals surface area contributed by atoms with Crippen molar-refractivity contribution in [1.82, 2.24) is 9.55 Å². The quantitative estimate of drug-likeness (QED) is 0.628. The molecule has 0 spiro atoms. The maximum absolute atomic E-state index is 12.8. The summed E-state index contributed by atoms with van der Waals surface area (Å²) in [6.45, 7) is 2.55. The van der Waals surface area contributed by atoms with E-state index in [1.807, 2.05) is 48.0 Å². The summed E-state index contributed by atoms with van der Waals surface area (Å²) in [4.78, 5) is 4.36. The maximum atomic E-state index is 12.8. The minimum atomic E-state index is -1.29. The van der Waals surface area contributed by atoms with Gasteiger partial charge in [-0.15, -0.1) is 0 Å². The number of nitrogens with zero attached hydrogens (tertiary/aromatic N) is 4. The third kappa shape index (κ3) is 4.76. The average Bonchev–Trinajstić information content (AvgIpc) is 3.08. The summed E-state index contributed by atoms with van der Waals surface area (Å²) in [5, 5.41) is 9.55. The average molecular weight is 399 g/mol. The normalized spacial score (nSPS) is 11.8. The second-order valence-electron chi connectivity index (χ2n) is 6.26. The van der Waals surface area contributed by atoms with Crippen molar-refractivity contribution in [3.05, 3.63) is 82.1 Å². The molecular formula is C20H19ClN4OS. The van der Waals surface area contributed by atoms with E-state index in [2.05, 4.69) is 11.1 Å². The van der Waals surface area contributed by atoms with Crippen molar-refractivity contribution in [3.63, 3.8) is 0 Å². The first-order valence-electron chi connectivity index (χ1n) is 8.35. The van der Waals surface area contributed by atoms with Crippen molar-refractivity contribution < 1.29 is 4.21 Å². The fourth-order valence-corrected chi connectivity index (χ4v) is 4.11. The molecule has 0 fully saturated rings. The number of benzene rings is 2. The number of aryl methyl sites for hydroxylation is 1. The molecule has 0 saturated carbocycles. The van der Waals surface area contributed by atoms with E-state index in [4.69, 9.17) is 16.9 Å². The van der Waals surface area contributed by atoms with Gasteiger partial charge in [0.05, 0.1) is 23.9 Å². The van der Waals surface area contributed by atoms with Gasteiger partial charge in [-0.3, -0.25) is 4.31 Å². The van der Waals surface area contributed by atoms with Crippen LogP contribution in [0.25, 0.3) is 0 Å². The first kappa shape index (κ1) is 19.2. The minimum absolute atomic E-state index is 0.363. The molecule has 1 aromatic heterocycles. The van der Waals surface area contributed by atoms with Gasteiger partial charge in [-0.05, 0) is 47.9 Å². The highest BCUT2D eigenvalue weighted by Crippen LogP contribution is 2.19. The Hall–Kier alpha value is -2.62. The van der Waals surface area contributed by atoms with E-state index in [0.717, 1.165) is 16.7 Å². The molecule has 0 amide bonds. The van der Waals surface area contributed by atoms with E-state index >= 15 is 0 Å². The Labute approximate surface area is 166 Å². The van der Waals surface area contributed by atoms with Crippen molar-refractivity contribution in [1.29, 1.82) is 5.26 Å². The first-order chi connectivity index (χ1) is 13.0. The van der Waals surface area contributed by atoms with Gasteiger partial charge < -0.3 is 4.57 Å². The summed E-state index contributed by atoms with van der Waals surface area (Å²) in [6.07, 6.45) is 3.54. The molecule has 0 saturated heterocycles. The van der Waals surface area contributed by atoms with Crippen LogP contribution in [-0.4, -0.2) is 20.8 Å². The molecule has 0 bridgehead atoms. The Bertz CT molecular complexity index is 987. The molecule has 3 rings (SSSR count). The molecule has 138 valence electrons. The molecule has 2 aromatic carbocycles. The molecule has 0 aliphatic rings. The Morgan fingerprint density at radius 3 is 2.63 bits per heavy atom. The Balaban J connectivity index is 1.75. The summed E-state index contributed by atoms with van der Waals surface area (Å²) >= 11 is 6.10. The summed E-state index contributed by atoms with van der Waals surface area (Å²) < 4.78 is 16.4. The van der Waals surface area contributed by atoms with E-state index in [1.165, 1.54) is 0 Å². The van der Waals surface area contributed by atoms with Gasteiger partial charge in [0.1, 0.15) is 11.0 Å². The predicted octanol–water partition coefficient (Wildman–Crippen LogP) is 4.07. The van der Waals surface area contributed by atoms with Gasteiger partial charge in [-0.25, -0.2) is 9.19 Å². The van der Waals surface area contributed by atoms with Gasteiger partial charge in [0.2, 0.25) is 5.95 Å². The minimum Gasteiger partial charge on any atom is -0.312 e. The van der Waals surface area contributed by atoms with Crippen molar-refractivity contribution >= 4 is 28.5 Å². The topological polar surface area (TPSA) is 61.9 Å². The fourth-order valence-electron chi connectivity index (χ4n) is 2.81. The van der Waals surface area contributed by atoms with Crippen LogP contribution < -0.4 is 4.31 Å². The van der Waals surface area contributed by atoms with Crippen LogP contribution in [0.15, 0.2) is 54.9 Å². The van der Waals surface area contributed by atoms with Crippen LogP contribution in [0.2, 0.25) is 5.02 Å². The number of anilines is 1. The SMILES string of the molecule is Cc1cc(Cl)cc(CS(=O)N(C)c2nccn2Cc2ccc(C#N)cc2)c1. The first-order valence-corrected chi connectivity index (χ1v) is 10.00. The zero-order valence-corrected chi connectivity index (χ0v) is 16.7. The molecule has 7 heteroatoms. The summed E-state index contributed by atoms with van der Waals surface area (Å²) in [7, 11) is 0.482. The molecule has 0 aliphatic heterocycles. The van der Waals surface area contributed by atoms with Crippen molar-refractivity contribution in [2.45, 2.75) is 19.2 Å². The Kier molecular flexibility index (Phi) is 5.94. The number of hydrogen-bond donors (Lipinski definition) is 0. The summed E-state index contributed by atoms with van der Waals surface area (Å²) in [5.74, 6) is 0.984. The molecular weight excluding hydrogens is 380 g/mol. The monoisotopic (exact) mass is 398 g/mol. The second kappa shape index (κ2) is 8.38. The summed E-state index contributed by atoms with van der Waals surface area (Å²) in [6, 6.07) is 15.2. The molecule has 1 heterocycles. The van der Waals surface area contributed by atoms with Crippen molar-refractivity contribution in [3.8, 4) is 6.07 Å². The molecule has 5 nitrogen and oxygen atoms in total. The Morgan fingerprint density at radius 1 is 1.22 bits per heavy atom. The van der Waals surface area contributed by atoms with Crippen molar-refractivity contribution in [2.75, 3.05) is 11.4 Å². The van der Waals surface area contributed by atoms with Gasteiger partial charge >= 0.3 is 0 Å². The lowest BCUT2D eigenvalue weighted by atomic mass is 10.1. The zero-order chi connectivity index (χ0) is 19.4. The van der Waals surface area contributed by atoms with E-state index in [-0.39, 0.29) is 0 Å².